The number of hydrogen-bond donors (Lipinski definition) is 4. The maximum absolute atomic E-state index is 14.2. The van der Waals surface area contributed by atoms with Crippen LogP contribution in [0.3, 0.4) is 0 Å². The number of carbonyl (C=O) groups excluding carboxylic acids is 2. The number of nitrogens with zero attached hydrogens (tertiary/aromatic N) is 5. The van der Waals surface area contributed by atoms with Crippen LogP contribution in [0.15, 0.2) is 91.3 Å². The summed E-state index contributed by atoms with van der Waals surface area (Å²) in [4.78, 5) is 61.6. The Balaban J connectivity index is 0.913. The number of carbonyl (C=O) groups is 3. The average molecular weight is 769 g/mol. The van der Waals surface area contributed by atoms with Crippen LogP contribution >= 0.6 is 0 Å². The van der Waals surface area contributed by atoms with Crippen molar-refractivity contribution in [3.8, 4) is 33.6 Å². The smallest absolute Gasteiger partial charge is 0.404 e. The van der Waals surface area contributed by atoms with E-state index in [4.69, 9.17) is 15.1 Å². The molecule has 3 amide bonds. The van der Waals surface area contributed by atoms with Crippen LogP contribution in [0.4, 0.5) is 4.79 Å². The second-order valence-electron chi connectivity index (χ2n) is 15.6. The van der Waals surface area contributed by atoms with Crippen LogP contribution in [-0.4, -0.2) is 89.9 Å². The summed E-state index contributed by atoms with van der Waals surface area (Å²) >= 11 is 0. The number of aromatic nitrogens is 4. The first kappa shape index (κ1) is 38.1. The zero-order chi connectivity index (χ0) is 39.5. The van der Waals surface area contributed by atoms with Gasteiger partial charge in [0.1, 0.15) is 17.7 Å². The predicted molar refractivity (Wildman–Crippen MR) is 219 cm³/mol. The van der Waals surface area contributed by atoms with Crippen molar-refractivity contribution in [3.05, 3.63) is 108 Å². The highest BCUT2D eigenvalue weighted by atomic mass is 16.4. The number of imidazole rings is 2. The van der Waals surface area contributed by atoms with E-state index in [-0.39, 0.29) is 41.9 Å². The van der Waals surface area contributed by atoms with Crippen LogP contribution in [0.2, 0.25) is 0 Å². The molecule has 3 aromatic carbocycles. The maximum atomic E-state index is 14.2. The largest absolute Gasteiger partial charge is 0.465 e. The van der Waals surface area contributed by atoms with E-state index in [2.05, 4.69) is 94.7 Å². The zero-order valence-corrected chi connectivity index (χ0v) is 32.7. The molecule has 12 nitrogen and oxygen atoms in total. The highest BCUT2D eigenvalue weighted by molar-refractivity contribution is 5.84. The van der Waals surface area contributed by atoms with Crippen molar-refractivity contribution in [1.82, 2.24) is 40.0 Å². The molecule has 0 bridgehead atoms. The van der Waals surface area contributed by atoms with Gasteiger partial charge in [-0.15, -0.1) is 0 Å². The Morgan fingerprint density at radius 1 is 0.737 bits per heavy atom. The summed E-state index contributed by atoms with van der Waals surface area (Å²) in [5, 5.41) is 11.6. The number of benzene rings is 3. The Morgan fingerprint density at radius 2 is 1.26 bits per heavy atom. The van der Waals surface area contributed by atoms with Gasteiger partial charge in [-0.05, 0) is 85.9 Å². The van der Waals surface area contributed by atoms with E-state index in [0.29, 0.717) is 25.8 Å². The number of likely N-dealkylation sites (N-methyl/N-ethyl adjacent to an activating group) is 1. The Hall–Kier alpha value is -5.75. The van der Waals surface area contributed by atoms with E-state index in [0.717, 1.165) is 96.2 Å². The molecule has 5 atom stereocenters. The minimum atomic E-state index is -1.04. The molecule has 4 N–H and O–H groups in total. The third-order valence-electron chi connectivity index (χ3n) is 12.3. The molecule has 8 rings (SSSR count). The molecule has 1 aliphatic carbocycles. The van der Waals surface area contributed by atoms with Gasteiger partial charge in [-0.1, -0.05) is 92.7 Å². The molecular weight excluding hydrogens is 717 g/mol. The number of aromatic amines is 2. The molecule has 12 heteroatoms. The topological polar surface area (TPSA) is 151 Å². The van der Waals surface area contributed by atoms with Gasteiger partial charge in [-0.25, -0.2) is 14.8 Å². The van der Waals surface area contributed by atoms with Gasteiger partial charge in [0.05, 0.1) is 35.9 Å². The highest BCUT2D eigenvalue weighted by Gasteiger charge is 2.40. The van der Waals surface area contributed by atoms with E-state index in [1.807, 2.05) is 40.4 Å². The summed E-state index contributed by atoms with van der Waals surface area (Å²) in [5.41, 5.74) is 7.09. The molecule has 2 saturated heterocycles. The third-order valence-corrected chi connectivity index (χ3v) is 12.3. The van der Waals surface area contributed by atoms with E-state index >= 15 is 0 Å². The van der Waals surface area contributed by atoms with Gasteiger partial charge in [-0.2, -0.15) is 0 Å². The molecular formula is C45H52N8O4. The van der Waals surface area contributed by atoms with Gasteiger partial charge < -0.3 is 30.2 Å². The lowest BCUT2D eigenvalue weighted by Crippen LogP contribution is -2.43. The van der Waals surface area contributed by atoms with Gasteiger partial charge in [0.2, 0.25) is 11.8 Å². The van der Waals surface area contributed by atoms with Crippen LogP contribution in [0.5, 0.6) is 0 Å². The van der Waals surface area contributed by atoms with E-state index < -0.39 is 6.09 Å². The lowest BCUT2D eigenvalue weighted by molar-refractivity contribution is -0.138. The first-order valence-electron chi connectivity index (χ1n) is 20.5. The molecule has 5 aromatic rings. The maximum Gasteiger partial charge on any atom is 0.404 e. The first-order chi connectivity index (χ1) is 27.8. The molecule has 57 heavy (non-hydrogen) atoms. The van der Waals surface area contributed by atoms with Gasteiger partial charge >= 0.3 is 6.09 Å². The molecule has 4 heterocycles. The summed E-state index contributed by atoms with van der Waals surface area (Å²) in [6.07, 6.45) is 8.21. The summed E-state index contributed by atoms with van der Waals surface area (Å²) in [7, 11) is 0. The Morgan fingerprint density at radius 3 is 1.81 bits per heavy atom. The quantitative estimate of drug-likeness (QED) is 0.101. The second kappa shape index (κ2) is 16.8. The van der Waals surface area contributed by atoms with Crippen molar-refractivity contribution in [2.45, 2.75) is 83.0 Å². The number of nitrogens with one attached hydrogen (secondary N) is 3. The monoisotopic (exact) mass is 768 g/mol. The van der Waals surface area contributed by atoms with Crippen molar-refractivity contribution in [2.24, 2.45) is 5.92 Å². The van der Waals surface area contributed by atoms with E-state index in [1.54, 1.807) is 0 Å². The van der Waals surface area contributed by atoms with Crippen molar-refractivity contribution >= 4 is 17.9 Å². The minimum Gasteiger partial charge on any atom is -0.465 e. The fraction of sp³-hybridized carbons (Fsp3) is 0.400. The zero-order valence-electron chi connectivity index (χ0n) is 32.7. The number of amides is 3. The summed E-state index contributed by atoms with van der Waals surface area (Å²) in [5.74, 6) is 1.69. The third kappa shape index (κ3) is 7.96. The summed E-state index contributed by atoms with van der Waals surface area (Å²) in [6.45, 7) is 7.22. The fourth-order valence-corrected chi connectivity index (χ4v) is 9.26. The molecule has 0 radical (unpaired) electrons. The van der Waals surface area contributed by atoms with Crippen LogP contribution in [0.1, 0.15) is 94.1 Å². The van der Waals surface area contributed by atoms with Crippen LogP contribution in [0, 0.1) is 5.92 Å². The molecule has 3 aliphatic rings. The number of H-pyrrole nitrogens is 2. The van der Waals surface area contributed by atoms with Gasteiger partial charge in [0, 0.05) is 25.0 Å². The molecule has 0 unspecified atom stereocenters. The Bertz CT molecular complexity index is 2160. The van der Waals surface area contributed by atoms with Crippen LogP contribution < -0.4 is 5.32 Å². The molecule has 296 valence electrons. The van der Waals surface area contributed by atoms with E-state index in [1.165, 1.54) is 0 Å². The lowest BCUT2D eigenvalue weighted by Gasteiger charge is -2.34. The summed E-state index contributed by atoms with van der Waals surface area (Å²) < 4.78 is 0. The van der Waals surface area contributed by atoms with Gasteiger partial charge in [-0.3, -0.25) is 14.5 Å². The highest BCUT2D eigenvalue weighted by Crippen LogP contribution is 2.38. The Labute approximate surface area is 333 Å². The standard InChI is InChI=1S/C45H52N8O4/c1-3-51(4-2)40(33-10-6-5-7-11-33)44(55)53-25-9-13-39(53)42-47-28-37(50-42)32-20-16-30(17-21-32)29-14-18-31(19-15-29)36-27-46-41(49-36)38-12-8-24-52(38)43(54)34-22-23-35(26-34)48-45(56)57/h5-7,10-11,14-21,27-28,34-35,38-40,48H,3-4,8-9,12-13,22-26H2,1-2H3,(H,46,49)(H,47,50)(H,56,57)/t34-,35+,38-,39-,40+/m0/s1. The minimum absolute atomic E-state index is 0.0916. The average Bonchev–Trinajstić information content (AvgIpc) is 4.09. The van der Waals surface area contributed by atoms with Gasteiger partial charge in [0.25, 0.3) is 0 Å². The van der Waals surface area contributed by atoms with Crippen LogP contribution in [0.25, 0.3) is 33.6 Å². The molecule has 1 saturated carbocycles. The SMILES string of the molecule is CCN(CC)[C@@H](C(=O)N1CCC[C@H]1c1ncc(-c2ccc(-c3ccc(-c4cnc([C@@H]5CCCN5C(=O)[C@H]5CC[C@@H](NC(=O)O)C5)[nH]4)cc3)cc2)[nH]1)c1ccccc1. The number of carboxylic acid groups (broad SMARTS) is 1. The van der Waals surface area contributed by atoms with Crippen molar-refractivity contribution in [1.29, 1.82) is 0 Å². The van der Waals surface area contributed by atoms with Crippen LogP contribution in [-0.2, 0) is 9.59 Å². The normalized spacial score (nSPS) is 21.3. The number of hydrogen-bond acceptors (Lipinski definition) is 6. The predicted octanol–water partition coefficient (Wildman–Crippen LogP) is 7.98. The molecule has 2 aromatic heterocycles. The van der Waals surface area contributed by atoms with Crippen molar-refractivity contribution < 1.29 is 19.5 Å². The Kier molecular flexibility index (Phi) is 11.2. The van der Waals surface area contributed by atoms with Crippen molar-refractivity contribution in [3.63, 3.8) is 0 Å². The second-order valence-corrected chi connectivity index (χ2v) is 15.6. The molecule has 0 spiro atoms. The summed E-state index contributed by atoms with van der Waals surface area (Å²) in [6, 6.07) is 26.3. The number of likely N-dealkylation sites (tertiary alicyclic amines) is 2. The lowest BCUT2D eigenvalue weighted by atomic mass is 10.0. The first-order valence-corrected chi connectivity index (χ1v) is 20.5. The van der Waals surface area contributed by atoms with E-state index in [9.17, 15) is 14.4 Å². The fourth-order valence-electron chi connectivity index (χ4n) is 9.26. The number of rotatable bonds is 12. The van der Waals surface area contributed by atoms with Crippen molar-refractivity contribution in [2.75, 3.05) is 26.2 Å². The molecule has 3 fully saturated rings. The molecule has 2 aliphatic heterocycles. The van der Waals surface area contributed by atoms with Gasteiger partial charge in [0.15, 0.2) is 0 Å².